The van der Waals surface area contributed by atoms with Crippen LogP contribution in [-0.4, -0.2) is 36.4 Å². The Bertz CT molecular complexity index is 1260. The predicted octanol–water partition coefficient (Wildman–Crippen LogP) is 2.95. The summed E-state index contributed by atoms with van der Waals surface area (Å²) in [6.45, 7) is 5.83. The summed E-state index contributed by atoms with van der Waals surface area (Å²) in [7, 11) is 0. The Balaban J connectivity index is 1.67. The van der Waals surface area contributed by atoms with E-state index in [1.165, 1.54) is 27.7 Å². The first kappa shape index (κ1) is 18.4. The number of aromatic nitrogens is 5. The Morgan fingerprint density at radius 3 is 2.96 bits per heavy atom. The highest BCUT2D eigenvalue weighted by Crippen LogP contribution is 2.25. The highest BCUT2D eigenvalue weighted by molar-refractivity contribution is 7.99. The van der Waals surface area contributed by atoms with Gasteiger partial charge in [0.1, 0.15) is 16.0 Å². The maximum Gasteiger partial charge on any atom is 0.278 e. The van der Waals surface area contributed by atoms with Gasteiger partial charge in [0.25, 0.3) is 5.56 Å². The van der Waals surface area contributed by atoms with Crippen LogP contribution in [0.3, 0.4) is 0 Å². The van der Waals surface area contributed by atoms with Crippen LogP contribution < -0.4 is 10.9 Å². The van der Waals surface area contributed by atoms with Gasteiger partial charge >= 0.3 is 0 Å². The zero-order valence-electron chi connectivity index (χ0n) is 14.9. The Morgan fingerprint density at radius 2 is 2.21 bits per heavy atom. The minimum absolute atomic E-state index is 0.0933. The zero-order valence-corrected chi connectivity index (χ0v) is 16.6. The van der Waals surface area contributed by atoms with Crippen LogP contribution in [0.2, 0.25) is 0 Å². The monoisotopic (exact) mass is 412 g/mol. The number of para-hydroxylation sites is 1. The number of rotatable bonds is 6. The molecule has 142 valence electrons. The summed E-state index contributed by atoms with van der Waals surface area (Å²) in [6, 6.07) is 7.61. The van der Waals surface area contributed by atoms with E-state index in [0.29, 0.717) is 27.9 Å². The van der Waals surface area contributed by atoms with E-state index in [0.717, 1.165) is 15.9 Å². The second kappa shape index (κ2) is 7.56. The van der Waals surface area contributed by atoms with Crippen molar-refractivity contribution < 1.29 is 4.79 Å². The topological polar surface area (TPSA) is 106 Å². The molecule has 8 nitrogen and oxygen atoms in total. The number of aromatic amines is 1. The van der Waals surface area contributed by atoms with Crippen molar-refractivity contribution in [1.82, 2.24) is 24.7 Å². The Morgan fingerprint density at radius 1 is 1.39 bits per heavy atom. The van der Waals surface area contributed by atoms with Crippen LogP contribution in [0.5, 0.6) is 0 Å². The van der Waals surface area contributed by atoms with Gasteiger partial charge in [0, 0.05) is 17.4 Å². The number of carbonyl (C=O) groups is 1. The van der Waals surface area contributed by atoms with Gasteiger partial charge in [0.2, 0.25) is 11.0 Å². The molecule has 0 spiro atoms. The summed E-state index contributed by atoms with van der Waals surface area (Å²) in [4.78, 5) is 33.0. The van der Waals surface area contributed by atoms with Crippen molar-refractivity contribution >= 4 is 56.1 Å². The first-order chi connectivity index (χ1) is 13.6. The average molecular weight is 413 g/mol. The van der Waals surface area contributed by atoms with Crippen molar-refractivity contribution in [2.24, 2.45) is 0 Å². The van der Waals surface area contributed by atoms with Crippen molar-refractivity contribution in [2.75, 3.05) is 11.1 Å². The van der Waals surface area contributed by atoms with Gasteiger partial charge in [-0.2, -0.15) is 0 Å². The maximum atomic E-state index is 13.0. The lowest BCUT2D eigenvalue weighted by molar-refractivity contribution is -0.113. The number of amides is 1. The summed E-state index contributed by atoms with van der Waals surface area (Å²) in [5.74, 6) is -0.143. The third-order valence-corrected chi connectivity index (χ3v) is 5.72. The lowest BCUT2D eigenvalue weighted by Gasteiger charge is -2.09. The third kappa shape index (κ3) is 3.43. The zero-order chi connectivity index (χ0) is 19.7. The van der Waals surface area contributed by atoms with Gasteiger partial charge in [-0.1, -0.05) is 47.4 Å². The molecule has 0 radical (unpaired) electrons. The van der Waals surface area contributed by atoms with Crippen molar-refractivity contribution in [3.63, 3.8) is 0 Å². The van der Waals surface area contributed by atoms with E-state index in [1.807, 2.05) is 31.2 Å². The molecule has 2 N–H and O–H groups in total. The van der Waals surface area contributed by atoms with Crippen LogP contribution in [0.1, 0.15) is 5.01 Å². The fourth-order valence-corrected chi connectivity index (χ4v) is 4.22. The maximum absolute atomic E-state index is 13.0. The second-order valence-corrected chi connectivity index (χ2v) is 8.08. The summed E-state index contributed by atoms with van der Waals surface area (Å²) in [6.07, 6.45) is 1.63. The lowest BCUT2D eigenvalue weighted by atomic mass is 10.2. The molecule has 0 aliphatic heterocycles. The minimum Gasteiger partial charge on any atom is -0.349 e. The van der Waals surface area contributed by atoms with E-state index in [1.54, 1.807) is 6.08 Å². The highest BCUT2D eigenvalue weighted by atomic mass is 32.2. The van der Waals surface area contributed by atoms with Gasteiger partial charge in [-0.05, 0) is 13.0 Å². The van der Waals surface area contributed by atoms with E-state index in [9.17, 15) is 9.59 Å². The Kier molecular flexibility index (Phi) is 4.97. The molecule has 4 rings (SSSR count). The predicted molar refractivity (Wildman–Crippen MR) is 112 cm³/mol. The number of benzene rings is 1. The average Bonchev–Trinajstić information content (AvgIpc) is 3.26. The molecule has 0 saturated carbocycles. The van der Waals surface area contributed by atoms with Crippen LogP contribution in [0, 0.1) is 6.92 Å². The van der Waals surface area contributed by atoms with Gasteiger partial charge in [-0.15, -0.1) is 16.8 Å². The highest BCUT2D eigenvalue weighted by Gasteiger charge is 2.16. The molecule has 28 heavy (non-hydrogen) atoms. The fourth-order valence-electron chi connectivity index (χ4n) is 2.81. The number of nitrogens with zero attached hydrogens (tertiary/aromatic N) is 4. The summed E-state index contributed by atoms with van der Waals surface area (Å²) in [5.41, 5.74) is 1.70. The molecule has 0 aliphatic rings. The van der Waals surface area contributed by atoms with Crippen LogP contribution in [0.25, 0.3) is 21.9 Å². The summed E-state index contributed by atoms with van der Waals surface area (Å²) in [5, 5.41) is 13.0. The molecule has 0 saturated heterocycles. The number of aryl methyl sites for hydroxylation is 1. The molecular weight excluding hydrogens is 396 g/mol. The van der Waals surface area contributed by atoms with Crippen LogP contribution >= 0.6 is 23.1 Å². The number of H-pyrrole nitrogens is 1. The van der Waals surface area contributed by atoms with E-state index in [2.05, 4.69) is 32.1 Å². The number of thioether (sulfide) groups is 1. The van der Waals surface area contributed by atoms with Gasteiger partial charge in [-0.25, -0.2) is 4.98 Å². The largest absolute Gasteiger partial charge is 0.349 e. The number of hydrogen-bond donors (Lipinski definition) is 2. The van der Waals surface area contributed by atoms with Crippen molar-refractivity contribution in [3.05, 3.63) is 52.3 Å². The van der Waals surface area contributed by atoms with E-state index in [4.69, 9.17) is 0 Å². The molecule has 4 aromatic rings. The molecule has 3 aromatic heterocycles. The van der Waals surface area contributed by atoms with Crippen molar-refractivity contribution in [3.8, 4) is 0 Å². The van der Waals surface area contributed by atoms with Gasteiger partial charge in [0.15, 0.2) is 5.16 Å². The van der Waals surface area contributed by atoms with E-state index >= 15 is 0 Å². The third-order valence-electron chi connectivity index (χ3n) is 3.99. The van der Waals surface area contributed by atoms with Crippen LogP contribution in [0.4, 0.5) is 5.13 Å². The molecule has 3 heterocycles. The first-order valence-corrected chi connectivity index (χ1v) is 10.2. The number of fused-ring (bicyclic) bond motifs is 3. The molecule has 1 amide bonds. The molecule has 0 bridgehead atoms. The van der Waals surface area contributed by atoms with Gasteiger partial charge in [-0.3, -0.25) is 19.5 Å². The van der Waals surface area contributed by atoms with Gasteiger partial charge in [0.05, 0.1) is 5.75 Å². The van der Waals surface area contributed by atoms with Crippen molar-refractivity contribution in [2.45, 2.75) is 18.6 Å². The van der Waals surface area contributed by atoms with E-state index in [-0.39, 0.29) is 17.2 Å². The molecular formula is C18H16N6O2S2. The van der Waals surface area contributed by atoms with Crippen molar-refractivity contribution in [1.29, 1.82) is 0 Å². The molecule has 0 aliphatic carbocycles. The lowest BCUT2D eigenvalue weighted by Crippen LogP contribution is -2.23. The second-order valence-electron chi connectivity index (χ2n) is 5.96. The number of anilines is 1. The summed E-state index contributed by atoms with van der Waals surface area (Å²) < 4.78 is 1.51. The standard InChI is InChI=1S/C18H16N6O2S2/c1-3-8-24-16(26)15-14(11-6-4-5-7-12(11)19-15)21-18(24)27-9-13(25)20-17-23-22-10(2)28-17/h3-7,19H,1,8-9H2,2H3,(H,20,23,25). The molecule has 0 unspecified atom stereocenters. The number of nitrogens with one attached hydrogen (secondary N) is 2. The fraction of sp³-hybridized carbons (Fsp3) is 0.167. The Labute approximate surface area is 167 Å². The quantitative estimate of drug-likeness (QED) is 0.287. The summed E-state index contributed by atoms with van der Waals surface area (Å²) >= 11 is 2.50. The minimum atomic E-state index is -0.237. The smallest absolute Gasteiger partial charge is 0.278 e. The van der Waals surface area contributed by atoms with Crippen LogP contribution in [0.15, 0.2) is 46.9 Å². The molecule has 10 heteroatoms. The van der Waals surface area contributed by atoms with E-state index < -0.39 is 0 Å². The van der Waals surface area contributed by atoms with Crippen LogP contribution in [-0.2, 0) is 11.3 Å². The number of carbonyl (C=O) groups excluding carboxylic acids is 1. The first-order valence-electron chi connectivity index (χ1n) is 8.41. The molecule has 1 aromatic carbocycles. The number of hydrogen-bond acceptors (Lipinski definition) is 7. The molecule has 0 fully saturated rings. The SMILES string of the molecule is C=CCn1c(SCC(=O)Nc2nnc(C)s2)nc2c([nH]c3ccccc32)c1=O. The number of allylic oxidation sites excluding steroid dienone is 1. The normalized spacial score (nSPS) is 11.2. The molecule has 0 atom stereocenters. The Hall–Kier alpha value is -2.98. The van der Waals surface area contributed by atoms with Gasteiger partial charge < -0.3 is 4.98 Å².